The molecule has 1 aliphatic rings. The third-order valence-electron chi connectivity index (χ3n) is 6.63. The molecule has 1 amide bonds. The third-order valence-corrected chi connectivity index (χ3v) is 7.21. The summed E-state index contributed by atoms with van der Waals surface area (Å²) in [6, 6.07) is 22.2. The number of piperidine rings is 1. The molecule has 5 rings (SSSR count). The van der Waals surface area contributed by atoms with Crippen molar-refractivity contribution in [3.8, 4) is 22.8 Å². The standard InChI is InChI=1S/C28H25Cl2N3O3/c1-36-22-6-4-5-19(17-22)28(35)13-15-32(16-14-28)27(34)25-18-33(21-11-9-20(29)10-12-21)26(31-25)23-7-2-3-8-24(23)30/h2-12,17-18,35H,13-16H2,1H3. The van der Waals surface area contributed by atoms with Gasteiger partial charge in [-0.25, -0.2) is 4.98 Å². The number of amides is 1. The van der Waals surface area contributed by atoms with Crippen LogP contribution in [0.1, 0.15) is 28.9 Å². The van der Waals surface area contributed by atoms with Gasteiger partial charge < -0.3 is 14.7 Å². The monoisotopic (exact) mass is 521 g/mol. The van der Waals surface area contributed by atoms with Crippen LogP contribution in [0.2, 0.25) is 10.0 Å². The predicted octanol–water partition coefficient (Wildman–Crippen LogP) is 5.98. The van der Waals surface area contributed by atoms with Crippen molar-refractivity contribution in [2.45, 2.75) is 18.4 Å². The van der Waals surface area contributed by atoms with E-state index in [0.717, 1.165) is 16.8 Å². The van der Waals surface area contributed by atoms with Crippen LogP contribution in [0.15, 0.2) is 79.0 Å². The molecule has 0 aliphatic carbocycles. The first-order chi connectivity index (χ1) is 17.4. The van der Waals surface area contributed by atoms with E-state index in [2.05, 4.69) is 0 Å². The van der Waals surface area contributed by atoms with Gasteiger partial charge in [-0.1, -0.05) is 47.5 Å². The van der Waals surface area contributed by atoms with E-state index in [1.807, 2.05) is 59.2 Å². The van der Waals surface area contributed by atoms with Gasteiger partial charge in [0, 0.05) is 35.6 Å². The molecule has 1 aliphatic heterocycles. The van der Waals surface area contributed by atoms with Gasteiger partial charge in [-0.2, -0.15) is 0 Å². The molecule has 2 heterocycles. The van der Waals surface area contributed by atoms with Crippen LogP contribution in [-0.2, 0) is 5.60 Å². The van der Waals surface area contributed by atoms with Crippen molar-refractivity contribution in [1.82, 2.24) is 14.5 Å². The molecule has 4 aromatic rings. The van der Waals surface area contributed by atoms with Gasteiger partial charge >= 0.3 is 0 Å². The van der Waals surface area contributed by atoms with Gasteiger partial charge in [0.2, 0.25) is 0 Å². The van der Waals surface area contributed by atoms with Crippen molar-refractivity contribution in [2.75, 3.05) is 20.2 Å². The van der Waals surface area contributed by atoms with Gasteiger partial charge in [0.1, 0.15) is 17.3 Å². The predicted molar refractivity (Wildman–Crippen MR) is 141 cm³/mol. The maximum absolute atomic E-state index is 13.5. The van der Waals surface area contributed by atoms with E-state index in [0.29, 0.717) is 53.2 Å². The Morgan fingerprint density at radius 3 is 2.42 bits per heavy atom. The second-order valence-electron chi connectivity index (χ2n) is 8.83. The molecule has 6 nitrogen and oxygen atoms in total. The lowest BCUT2D eigenvalue weighted by Crippen LogP contribution is -2.45. The summed E-state index contributed by atoms with van der Waals surface area (Å²) < 4.78 is 7.15. The number of hydrogen-bond acceptors (Lipinski definition) is 4. The second-order valence-corrected chi connectivity index (χ2v) is 9.68. The highest BCUT2D eigenvalue weighted by atomic mass is 35.5. The number of aromatic nitrogens is 2. The quantitative estimate of drug-likeness (QED) is 0.350. The maximum atomic E-state index is 13.5. The minimum atomic E-state index is -1.02. The molecule has 1 fully saturated rings. The lowest BCUT2D eigenvalue weighted by atomic mass is 9.84. The van der Waals surface area contributed by atoms with Gasteiger partial charge in [-0.3, -0.25) is 9.36 Å². The van der Waals surface area contributed by atoms with Crippen molar-refractivity contribution in [1.29, 1.82) is 0 Å². The van der Waals surface area contributed by atoms with E-state index in [4.69, 9.17) is 32.9 Å². The highest BCUT2D eigenvalue weighted by Crippen LogP contribution is 2.35. The fourth-order valence-electron chi connectivity index (χ4n) is 4.56. The molecule has 36 heavy (non-hydrogen) atoms. The molecule has 8 heteroatoms. The van der Waals surface area contributed by atoms with E-state index < -0.39 is 5.60 Å². The van der Waals surface area contributed by atoms with Crippen molar-refractivity contribution in [3.63, 3.8) is 0 Å². The number of aliphatic hydroxyl groups is 1. The summed E-state index contributed by atoms with van der Waals surface area (Å²) in [4.78, 5) is 20.0. The fraction of sp³-hybridized carbons (Fsp3) is 0.214. The average molecular weight is 522 g/mol. The van der Waals surface area contributed by atoms with E-state index in [1.54, 1.807) is 36.4 Å². The van der Waals surface area contributed by atoms with Gasteiger partial charge in [-0.05, 0) is 66.9 Å². The van der Waals surface area contributed by atoms with Crippen LogP contribution < -0.4 is 4.74 Å². The van der Waals surface area contributed by atoms with E-state index in [-0.39, 0.29) is 5.91 Å². The zero-order chi connectivity index (χ0) is 25.3. The number of imidazole rings is 1. The lowest BCUT2D eigenvalue weighted by Gasteiger charge is -2.38. The summed E-state index contributed by atoms with van der Waals surface area (Å²) >= 11 is 12.6. The van der Waals surface area contributed by atoms with Gasteiger partial charge in [0.25, 0.3) is 5.91 Å². The Balaban J connectivity index is 1.43. The Bertz CT molecular complexity index is 1390. The number of halogens is 2. The fourth-order valence-corrected chi connectivity index (χ4v) is 4.90. The second kappa shape index (κ2) is 9.97. The number of carbonyl (C=O) groups is 1. The zero-order valence-corrected chi connectivity index (χ0v) is 21.2. The van der Waals surface area contributed by atoms with Crippen LogP contribution in [0.5, 0.6) is 5.75 Å². The largest absolute Gasteiger partial charge is 0.497 e. The van der Waals surface area contributed by atoms with Crippen molar-refractivity contribution in [2.24, 2.45) is 0 Å². The number of nitrogens with zero attached hydrogens (tertiary/aromatic N) is 3. The molecule has 0 spiro atoms. The Morgan fingerprint density at radius 2 is 1.72 bits per heavy atom. The molecule has 0 bridgehead atoms. The molecule has 1 saturated heterocycles. The van der Waals surface area contributed by atoms with Gasteiger partial charge in [0.05, 0.1) is 17.7 Å². The summed E-state index contributed by atoms with van der Waals surface area (Å²) in [6.07, 6.45) is 2.56. The molecule has 0 saturated carbocycles. The van der Waals surface area contributed by atoms with Crippen LogP contribution in [0, 0.1) is 0 Å². The number of rotatable bonds is 5. The summed E-state index contributed by atoms with van der Waals surface area (Å²) in [5, 5.41) is 12.4. The normalized spacial score (nSPS) is 15.1. The molecule has 1 aromatic heterocycles. The van der Waals surface area contributed by atoms with Gasteiger partial charge in [0.15, 0.2) is 0 Å². The molecule has 1 N–H and O–H groups in total. The topological polar surface area (TPSA) is 67.6 Å². The molecule has 0 radical (unpaired) electrons. The van der Waals surface area contributed by atoms with Crippen molar-refractivity contribution < 1.29 is 14.6 Å². The summed E-state index contributed by atoms with van der Waals surface area (Å²) in [5.74, 6) is 1.07. The summed E-state index contributed by atoms with van der Waals surface area (Å²) in [5.41, 5.74) is 1.62. The van der Waals surface area contributed by atoms with Crippen LogP contribution in [0.3, 0.4) is 0 Å². The van der Waals surface area contributed by atoms with Crippen LogP contribution in [-0.4, -0.2) is 45.7 Å². The minimum Gasteiger partial charge on any atom is -0.497 e. The Morgan fingerprint density at radius 1 is 1.00 bits per heavy atom. The lowest BCUT2D eigenvalue weighted by molar-refractivity contribution is -0.0213. The number of likely N-dealkylation sites (tertiary alicyclic amines) is 1. The highest BCUT2D eigenvalue weighted by molar-refractivity contribution is 6.33. The first kappa shape index (κ1) is 24.4. The molecule has 3 aromatic carbocycles. The smallest absolute Gasteiger partial charge is 0.274 e. The number of ether oxygens (including phenoxy) is 1. The van der Waals surface area contributed by atoms with Crippen molar-refractivity contribution in [3.05, 3.63) is 100 Å². The van der Waals surface area contributed by atoms with Crippen LogP contribution in [0.4, 0.5) is 0 Å². The van der Waals surface area contributed by atoms with E-state index >= 15 is 0 Å². The molecular weight excluding hydrogens is 497 g/mol. The van der Waals surface area contributed by atoms with E-state index in [9.17, 15) is 9.90 Å². The highest BCUT2D eigenvalue weighted by Gasteiger charge is 2.36. The maximum Gasteiger partial charge on any atom is 0.274 e. The van der Waals surface area contributed by atoms with Crippen LogP contribution >= 0.6 is 23.2 Å². The molecule has 0 unspecified atom stereocenters. The molecule has 184 valence electrons. The number of benzene rings is 3. The van der Waals surface area contributed by atoms with Crippen LogP contribution in [0.25, 0.3) is 17.1 Å². The Kier molecular flexibility index (Phi) is 6.75. The third kappa shape index (κ3) is 4.72. The number of hydrogen-bond donors (Lipinski definition) is 1. The molecular formula is C28H25Cl2N3O3. The zero-order valence-electron chi connectivity index (χ0n) is 19.7. The van der Waals surface area contributed by atoms with Crippen molar-refractivity contribution >= 4 is 29.1 Å². The number of methoxy groups -OCH3 is 1. The van der Waals surface area contributed by atoms with E-state index in [1.165, 1.54) is 0 Å². The first-order valence-corrected chi connectivity index (χ1v) is 12.4. The number of carbonyl (C=O) groups excluding carboxylic acids is 1. The first-order valence-electron chi connectivity index (χ1n) is 11.6. The van der Waals surface area contributed by atoms with Gasteiger partial charge in [-0.15, -0.1) is 0 Å². The SMILES string of the molecule is COc1cccc(C2(O)CCN(C(=O)c3cn(-c4ccc(Cl)cc4)c(-c4ccccc4Cl)n3)CC2)c1. The summed E-state index contributed by atoms with van der Waals surface area (Å²) in [6.45, 7) is 0.809. The Labute approximate surface area is 219 Å². The Hall–Kier alpha value is -3.32. The average Bonchev–Trinajstić information content (AvgIpc) is 3.34. The minimum absolute atomic E-state index is 0.191. The molecule has 0 atom stereocenters. The summed E-state index contributed by atoms with van der Waals surface area (Å²) in [7, 11) is 1.60.